The van der Waals surface area contributed by atoms with Crippen LogP contribution in [0.4, 0.5) is 5.82 Å². The van der Waals surface area contributed by atoms with Crippen molar-refractivity contribution in [1.82, 2.24) is 10.3 Å². The molecule has 0 spiro atoms. The molecule has 2 atom stereocenters. The number of thiophene rings is 2. The molecule has 156 valence electrons. The first-order valence-electron chi connectivity index (χ1n) is 10.1. The zero-order chi connectivity index (χ0) is 21.4. The SMILES string of the molecule is CC1=C(C(=O)Nc2ccccn2)[C@H](c2cccs2)C2=C(C[C@H](c3cccs3)CC2=O)N1. The molecule has 0 saturated heterocycles. The van der Waals surface area contributed by atoms with Gasteiger partial charge in [0.15, 0.2) is 5.78 Å². The monoisotopic (exact) mass is 447 g/mol. The quantitative estimate of drug-likeness (QED) is 0.576. The van der Waals surface area contributed by atoms with Gasteiger partial charge in [0.1, 0.15) is 5.82 Å². The van der Waals surface area contributed by atoms with E-state index >= 15 is 0 Å². The highest BCUT2D eigenvalue weighted by molar-refractivity contribution is 7.10. The van der Waals surface area contributed by atoms with Gasteiger partial charge in [-0.05, 0) is 48.4 Å². The molecule has 0 radical (unpaired) electrons. The van der Waals surface area contributed by atoms with Crippen molar-refractivity contribution in [2.75, 3.05) is 5.32 Å². The first kappa shape index (κ1) is 19.9. The minimum absolute atomic E-state index is 0.112. The summed E-state index contributed by atoms with van der Waals surface area (Å²) in [6, 6.07) is 13.5. The molecule has 0 fully saturated rings. The molecule has 4 heterocycles. The van der Waals surface area contributed by atoms with E-state index in [0.29, 0.717) is 17.8 Å². The number of pyridine rings is 1. The highest BCUT2D eigenvalue weighted by Gasteiger charge is 2.41. The first-order chi connectivity index (χ1) is 15.1. The topological polar surface area (TPSA) is 71.1 Å². The minimum Gasteiger partial charge on any atom is -0.362 e. The summed E-state index contributed by atoms with van der Waals surface area (Å²) >= 11 is 3.27. The number of dihydropyridines is 1. The van der Waals surface area contributed by atoms with Crippen molar-refractivity contribution in [1.29, 1.82) is 0 Å². The molecule has 5 rings (SSSR count). The number of amides is 1. The van der Waals surface area contributed by atoms with Crippen LogP contribution in [-0.4, -0.2) is 16.7 Å². The van der Waals surface area contributed by atoms with Crippen LogP contribution in [0.5, 0.6) is 0 Å². The third-order valence-electron chi connectivity index (χ3n) is 5.75. The number of ketones is 1. The Morgan fingerprint density at radius 1 is 1.06 bits per heavy atom. The Bertz CT molecular complexity index is 1180. The Hall–Kier alpha value is -3.03. The van der Waals surface area contributed by atoms with Gasteiger partial charge in [0.2, 0.25) is 0 Å². The van der Waals surface area contributed by atoms with Gasteiger partial charge in [0.25, 0.3) is 5.91 Å². The predicted molar refractivity (Wildman–Crippen MR) is 124 cm³/mol. The highest BCUT2D eigenvalue weighted by Crippen LogP contribution is 2.47. The summed E-state index contributed by atoms with van der Waals surface area (Å²) in [6.07, 6.45) is 2.88. The average molecular weight is 448 g/mol. The van der Waals surface area contributed by atoms with Crippen LogP contribution in [0.25, 0.3) is 0 Å². The number of anilines is 1. The molecule has 1 amide bonds. The second-order valence-electron chi connectivity index (χ2n) is 7.72. The van der Waals surface area contributed by atoms with Crippen LogP contribution in [0.1, 0.15) is 41.4 Å². The normalized spacial score (nSPS) is 21.0. The van der Waals surface area contributed by atoms with E-state index in [4.69, 9.17) is 0 Å². The van der Waals surface area contributed by atoms with Gasteiger partial charge >= 0.3 is 0 Å². The molecule has 3 aromatic heterocycles. The van der Waals surface area contributed by atoms with Crippen LogP contribution in [-0.2, 0) is 9.59 Å². The lowest BCUT2D eigenvalue weighted by Crippen LogP contribution is -2.36. The molecule has 2 N–H and O–H groups in total. The summed E-state index contributed by atoms with van der Waals surface area (Å²) in [7, 11) is 0. The van der Waals surface area contributed by atoms with Crippen molar-refractivity contribution in [3.05, 3.63) is 91.7 Å². The molecule has 7 heteroatoms. The van der Waals surface area contributed by atoms with Crippen LogP contribution in [0.2, 0.25) is 0 Å². The number of nitrogens with zero attached hydrogens (tertiary/aromatic N) is 1. The summed E-state index contributed by atoms with van der Waals surface area (Å²) in [5, 5.41) is 10.4. The average Bonchev–Trinajstić information content (AvgIpc) is 3.47. The Morgan fingerprint density at radius 2 is 1.84 bits per heavy atom. The molecule has 0 saturated carbocycles. The van der Waals surface area contributed by atoms with Crippen LogP contribution in [0.3, 0.4) is 0 Å². The van der Waals surface area contributed by atoms with Crippen molar-refractivity contribution in [2.24, 2.45) is 0 Å². The fourth-order valence-electron chi connectivity index (χ4n) is 4.43. The van der Waals surface area contributed by atoms with Gasteiger partial charge in [-0.25, -0.2) is 4.98 Å². The van der Waals surface area contributed by atoms with E-state index in [-0.39, 0.29) is 23.5 Å². The molecular formula is C24H21N3O2S2. The standard InChI is InChI=1S/C24H21N3O2S2/c1-14-21(24(29)27-20-8-2-3-9-25-20)23(19-7-5-11-31-19)22-16(26-14)12-15(13-17(22)28)18-6-4-10-30-18/h2-11,15,23,26H,12-13H2,1H3,(H,25,27,29)/t15-,23-/m0/s1. The van der Waals surface area contributed by atoms with Crippen molar-refractivity contribution < 1.29 is 9.59 Å². The third kappa shape index (κ3) is 3.75. The molecule has 31 heavy (non-hydrogen) atoms. The Kier molecular flexibility index (Phi) is 5.29. The minimum atomic E-state index is -0.364. The number of carbonyl (C=O) groups excluding carboxylic acids is 2. The van der Waals surface area contributed by atoms with E-state index in [0.717, 1.165) is 28.3 Å². The van der Waals surface area contributed by atoms with Gasteiger partial charge in [-0.3, -0.25) is 9.59 Å². The van der Waals surface area contributed by atoms with Gasteiger partial charge in [-0.1, -0.05) is 18.2 Å². The lowest BCUT2D eigenvalue weighted by Gasteiger charge is -2.36. The Balaban J connectivity index is 1.54. The van der Waals surface area contributed by atoms with Crippen LogP contribution < -0.4 is 10.6 Å². The van der Waals surface area contributed by atoms with E-state index in [1.54, 1.807) is 41.0 Å². The summed E-state index contributed by atoms with van der Waals surface area (Å²) in [4.78, 5) is 33.2. The van der Waals surface area contributed by atoms with Crippen molar-refractivity contribution in [3.8, 4) is 0 Å². The number of rotatable bonds is 4. The molecule has 0 aromatic carbocycles. The number of Topliss-reactive ketones (excluding diaryl/α,β-unsaturated/α-hetero) is 1. The smallest absolute Gasteiger partial charge is 0.255 e. The first-order valence-corrected chi connectivity index (χ1v) is 11.9. The van der Waals surface area contributed by atoms with Crippen molar-refractivity contribution in [2.45, 2.75) is 31.6 Å². The summed E-state index contributed by atoms with van der Waals surface area (Å²) in [5.41, 5.74) is 3.03. The third-order valence-corrected chi connectivity index (χ3v) is 7.72. The van der Waals surface area contributed by atoms with Crippen LogP contribution in [0, 0.1) is 0 Å². The maximum Gasteiger partial charge on any atom is 0.255 e. The fraction of sp³-hybridized carbons (Fsp3) is 0.208. The van der Waals surface area contributed by atoms with Gasteiger partial charge in [0.05, 0.1) is 5.92 Å². The number of carbonyl (C=O) groups is 2. The number of hydrogen-bond acceptors (Lipinski definition) is 6. The van der Waals surface area contributed by atoms with Crippen LogP contribution >= 0.6 is 22.7 Å². The van der Waals surface area contributed by atoms with E-state index in [1.165, 1.54) is 4.88 Å². The van der Waals surface area contributed by atoms with E-state index in [1.807, 2.05) is 36.6 Å². The summed E-state index contributed by atoms with van der Waals surface area (Å²) < 4.78 is 0. The number of aromatic nitrogens is 1. The second-order valence-corrected chi connectivity index (χ2v) is 9.68. The van der Waals surface area contributed by atoms with Gasteiger partial charge in [-0.15, -0.1) is 22.7 Å². The largest absolute Gasteiger partial charge is 0.362 e. The summed E-state index contributed by atoms with van der Waals surface area (Å²) in [6.45, 7) is 1.91. The zero-order valence-electron chi connectivity index (χ0n) is 16.9. The number of nitrogens with one attached hydrogen (secondary N) is 2. The molecule has 0 bridgehead atoms. The van der Waals surface area contributed by atoms with Gasteiger partial charge in [0, 0.05) is 50.8 Å². The Morgan fingerprint density at radius 3 is 2.52 bits per heavy atom. The van der Waals surface area contributed by atoms with E-state index < -0.39 is 0 Å². The van der Waals surface area contributed by atoms with Crippen molar-refractivity contribution >= 4 is 40.2 Å². The maximum absolute atomic E-state index is 13.4. The molecule has 3 aromatic rings. The van der Waals surface area contributed by atoms with E-state index in [2.05, 4.69) is 27.1 Å². The summed E-state index contributed by atoms with van der Waals surface area (Å²) in [5.74, 6) is 0.185. The van der Waals surface area contributed by atoms with Crippen LogP contribution in [0.15, 0.2) is 82.0 Å². The van der Waals surface area contributed by atoms with Gasteiger partial charge < -0.3 is 10.6 Å². The molecular weight excluding hydrogens is 426 g/mol. The molecule has 2 aliphatic rings. The highest BCUT2D eigenvalue weighted by atomic mass is 32.1. The lowest BCUT2D eigenvalue weighted by atomic mass is 9.74. The molecule has 0 unspecified atom stereocenters. The molecule has 1 aliphatic heterocycles. The van der Waals surface area contributed by atoms with Gasteiger partial charge in [-0.2, -0.15) is 0 Å². The Labute approximate surface area is 188 Å². The zero-order valence-corrected chi connectivity index (χ0v) is 18.6. The number of hydrogen-bond donors (Lipinski definition) is 2. The van der Waals surface area contributed by atoms with E-state index in [9.17, 15) is 9.59 Å². The lowest BCUT2D eigenvalue weighted by molar-refractivity contribution is -0.116. The van der Waals surface area contributed by atoms with Crippen molar-refractivity contribution in [3.63, 3.8) is 0 Å². The molecule has 5 nitrogen and oxygen atoms in total. The number of allylic oxidation sites excluding steroid dienone is 3. The second kappa shape index (κ2) is 8.24. The predicted octanol–water partition coefficient (Wildman–Crippen LogP) is 5.20. The fourth-order valence-corrected chi connectivity index (χ4v) is 6.10. The molecule has 1 aliphatic carbocycles. The maximum atomic E-state index is 13.4.